The van der Waals surface area contributed by atoms with Crippen LogP contribution >= 0.6 is 0 Å². The number of para-hydroxylation sites is 1. The Balaban J connectivity index is 1.86. The molecule has 0 aliphatic heterocycles. The first kappa shape index (κ1) is 15.5. The molecule has 25 heavy (non-hydrogen) atoms. The summed E-state index contributed by atoms with van der Waals surface area (Å²) in [6, 6.07) is 18.5. The van der Waals surface area contributed by atoms with E-state index in [9.17, 15) is 0 Å². The number of rotatable bonds is 2. The minimum Gasteiger partial charge on any atom is -0.244 e. The maximum absolute atomic E-state index is 4.89. The molecule has 0 atom stereocenters. The second-order valence-corrected chi connectivity index (χ2v) is 6.43. The van der Waals surface area contributed by atoms with E-state index < -0.39 is 0 Å². The van der Waals surface area contributed by atoms with E-state index in [2.05, 4.69) is 55.0 Å². The van der Waals surface area contributed by atoms with Crippen LogP contribution in [0.3, 0.4) is 0 Å². The van der Waals surface area contributed by atoms with Crippen molar-refractivity contribution >= 4 is 10.9 Å². The lowest BCUT2D eigenvalue weighted by Gasteiger charge is -2.11. The largest absolute Gasteiger partial charge is 0.244 e. The third-order valence-electron chi connectivity index (χ3n) is 4.45. The standard InChI is InChI=1S/C22H19N3/c1-14-8-10-18(16(3)12-14)21-15(2)9-11-20(24-21)22-23-13-17-6-4-5-7-19(17)25-22/h4-13H,1-3H3. The van der Waals surface area contributed by atoms with Crippen molar-refractivity contribution in [1.82, 2.24) is 15.0 Å². The van der Waals surface area contributed by atoms with Gasteiger partial charge in [-0.15, -0.1) is 0 Å². The highest BCUT2D eigenvalue weighted by molar-refractivity contribution is 5.79. The maximum atomic E-state index is 4.89. The third-order valence-corrected chi connectivity index (χ3v) is 4.45. The second kappa shape index (κ2) is 6.10. The van der Waals surface area contributed by atoms with E-state index in [1.807, 2.05) is 36.5 Å². The van der Waals surface area contributed by atoms with Crippen molar-refractivity contribution in [2.24, 2.45) is 0 Å². The second-order valence-electron chi connectivity index (χ2n) is 6.43. The molecule has 0 unspecified atom stereocenters. The highest BCUT2D eigenvalue weighted by Crippen LogP contribution is 2.28. The Hall–Kier alpha value is -3.07. The van der Waals surface area contributed by atoms with E-state index in [1.165, 1.54) is 11.1 Å². The number of hydrogen-bond donors (Lipinski definition) is 0. The van der Waals surface area contributed by atoms with Gasteiger partial charge in [0.15, 0.2) is 5.82 Å². The zero-order chi connectivity index (χ0) is 17.4. The average molecular weight is 325 g/mol. The fourth-order valence-electron chi connectivity index (χ4n) is 3.10. The van der Waals surface area contributed by atoms with Crippen molar-refractivity contribution in [3.05, 3.63) is 77.5 Å². The Morgan fingerprint density at radius 2 is 1.60 bits per heavy atom. The van der Waals surface area contributed by atoms with Gasteiger partial charge < -0.3 is 0 Å². The lowest BCUT2D eigenvalue weighted by molar-refractivity contribution is 1.16. The van der Waals surface area contributed by atoms with Crippen LogP contribution in [-0.2, 0) is 0 Å². The summed E-state index contributed by atoms with van der Waals surface area (Å²) in [5, 5.41) is 1.04. The molecule has 0 saturated heterocycles. The van der Waals surface area contributed by atoms with Gasteiger partial charge in [0.25, 0.3) is 0 Å². The number of benzene rings is 2. The average Bonchev–Trinajstić information content (AvgIpc) is 2.62. The monoisotopic (exact) mass is 325 g/mol. The molecule has 0 aliphatic rings. The number of hydrogen-bond acceptors (Lipinski definition) is 3. The molecule has 0 radical (unpaired) electrons. The topological polar surface area (TPSA) is 38.7 Å². The molecule has 0 bridgehead atoms. The van der Waals surface area contributed by atoms with Crippen LogP contribution in [0.15, 0.2) is 60.8 Å². The van der Waals surface area contributed by atoms with E-state index in [1.54, 1.807) is 0 Å². The van der Waals surface area contributed by atoms with Gasteiger partial charge in [-0.3, -0.25) is 0 Å². The molecule has 0 saturated carbocycles. The summed E-state index contributed by atoms with van der Waals surface area (Å²) < 4.78 is 0. The summed E-state index contributed by atoms with van der Waals surface area (Å²) >= 11 is 0. The van der Waals surface area contributed by atoms with E-state index in [0.29, 0.717) is 5.82 Å². The molecule has 0 aliphatic carbocycles. The predicted molar refractivity (Wildman–Crippen MR) is 102 cm³/mol. The highest BCUT2D eigenvalue weighted by Gasteiger charge is 2.11. The first-order chi connectivity index (χ1) is 12.1. The number of nitrogens with zero attached hydrogens (tertiary/aromatic N) is 3. The first-order valence-corrected chi connectivity index (χ1v) is 8.39. The van der Waals surface area contributed by atoms with Crippen LogP contribution < -0.4 is 0 Å². The Labute approximate surface area is 147 Å². The third kappa shape index (κ3) is 2.89. The summed E-state index contributed by atoms with van der Waals surface area (Å²) in [6.07, 6.45) is 1.86. The zero-order valence-corrected chi connectivity index (χ0v) is 14.6. The Morgan fingerprint density at radius 1 is 0.760 bits per heavy atom. The number of pyridine rings is 1. The molecule has 2 aromatic carbocycles. The zero-order valence-electron chi connectivity index (χ0n) is 14.6. The minimum absolute atomic E-state index is 0.657. The minimum atomic E-state index is 0.657. The molecule has 3 nitrogen and oxygen atoms in total. The SMILES string of the molecule is Cc1ccc(-c2nc(-c3ncc4ccccc4n3)ccc2C)c(C)c1. The Kier molecular flexibility index (Phi) is 3.77. The van der Waals surface area contributed by atoms with Gasteiger partial charge in [0, 0.05) is 17.1 Å². The quantitative estimate of drug-likeness (QED) is 0.503. The van der Waals surface area contributed by atoms with Gasteiger partial charge in [-0.1, -0.05) is 48.0 Å². The number of aryl methyl sites for hydroxylation is 3. The lowest BCUT2D eigenvalue weighted by Crippen LogP contribution is -1.97. The van der Waals surface area contributed by atoms with E-state index in [-0.39, 0.29) is 0 Å². The van der Waals surface area contributed by atoms with Gasteiger partial charge in [-0.25, -0.2) is 15.0 Å². The molecule has 122 valence electrons. The van der Waals surface area contributed by atoms with Crippen LogP contribution in [0.4, 0.5) is 0 Å². The normalized spacial score (nSPS) is 11.0. The molecule has 4 aromatic rings. The van der Waals surface area contributed by atoms with Crippen LogP contribution in [0.25, 0.3) is 33.7 Å². The Morgan fingerprint density at radius 3 is 2.44 bits per heavy atom. The van der Waals surface area contributed by atoms with Crippen LogP contribution in [0.1, 0.15) is 16.7 Å². The highest BCUT2D eigenvalue weighted by atomic mass is 14.9. The van der Waals surface area contributed by atoms with Crippen molar-refractivity contribution in [2.45, 2.75) is 20.8 Å². The number of fused-ring (bicyclic) bond motifs is 1. The molecule has 2 heterocycles. The van der Waals surface area contributed by atoms with Crippen molar-refractivity contribution < 1.29 is 0 Å². The van der Waals surface area contributed by atoms with Gasteiger partial charge in [-0.05, 0) is 44.0 Å². The van der Waals surface area contributed by atoms with E-state index in [0.717, 1.165) is 33.4 Å². The molecule has 0 amide bonds. The van der Waals surface area contributed by atoms with Crippen molar-refractivity contribution in [3.63, 3.8) is 0 Å². The maximum Gasteiger partial charge on any atom is 0.178 e. The van der Waals surface area contributed by atoms with Crippen molar-refractivity contribution in [3.8, 4) is 22.8 Å². The van der Waals surface area contributed by atoms with Crippen molar-refractivity contribution in [2.75, 3.05) is 0 Å². The smallest absolute Gasteiger partial charge is 0.178 e. The molecule has 2 aromatic heterocycles. The summed E-state index contributed by atoms with van der Waals surface area (Å²) in [7, 11) is 0. The molecule has 3 heteroatoms. The first-order valence-electron chi connectivity index (χ1n) is 8.39. The number of aromatic nitrogens is 3. The summed E-state index contributed by atoms with van der Waals surface area (Å²) in [6.45, 7) is 6.33. The molecule has 0 N–H and O–H groups in total. The summed E-state index contributed by atoms with van der Waals surface area (Å²) in [5.74, 6) is 0.657. The van der Waals surface area contributed by atoms with E-state index in [4.69, 9.17) is 4.98 Å². The van der Waals surface area contributed by atoms with Crippen LogP contribution in [0, 0.1) is 20.8 Å². The van der Waals surface area contributed by atoms with Gasteiger partial charge in [-0.2, -0.15) is 0 Å². The molecular weight excluding hydrogens is 306 g/mol. The lowest BCUT2D eigenvalue weighted by atomic mass is 9.99. The fourth-order valence-corrected chi connectivity index (χ4v) is 3.10. The molecule has 4 rings (SSSR count). The predicted octanol–water partition coefficient (Wildman–Crippen LogP) is 5.28. The fraction of sp³-hybridized carbons (Fsp3) is 0.136. The van der Waals surface area contributed by atoms with Gasteiger partial charge in [0.05, 0.1) is 11.2 Å². The van der Waals surface area contributed by atoms with Gasteiger partial charge in [0.1, 0.15) is 5.69 Å². The van der Waals surface area contributed by atoms with Crippen LogP contribution in [0.5, 0.6) is 0 Å². The van der Waals surface area contributed by atoms with Crippen molar-refractivity contribution in [1.29, 1.82) is 0 Å². The van der Waals surface area contributed by atoms with Crippen LogP contribution in [-0.4, -0.2) is 15.0 Å². The van der Waals surface area contributed by atoms with Gasteiger partial charge in [0.2, 0.25) is 0 Å². The van der Waals surface area contributed by atoms with Crippen LogP contribution in [0.2, 0.25) is 0 Å². The molecule has 0 fully saturated rings. The molecular formula is C22H19N3. The van der Waals surface area contributed by atoms with Gasteiger partial charge >= 0.3 is 0 Å². The Bertz CT molecular complexity index is 1080. The summed E-state index contributed by atoms with van der Waals surface area (Å²) in [4.78, 5) is 14.1. The molecule has 0 spiro atoms. The van der Waals surface area contributed by atoms with E-state index >= 15 is 0 Å². The summed E-state index contributed by atoms with van der Waals surface area (Å²) in [5.41, 5.74) is 7.52.